The molecule has 0 aromatic heterocycles. The molecule has 6 heteroatoms. The molecule has 1 fully saturated rings. The minimum atomic E-state index is -2.89. The number of nitrogens with two attached hydrogens (primary N) is 1. The van der Waals surface area contributed by atoms with E-state index in [4.69, 9.17) is 5.73 Å². The van der Waals surface area contributed by atoms with E-state index in [9.17, 15) is 8.42 Å². The summed E-state index contributed by atoms with van der Waals surface area (Å²) in [7, 11) is -2.89. The second kappa shape index (κ2) is 2.60. The van der Waals surface area contributed by atoms with E-state index in [1.807, 2.05) is 0 Å². The molecule has 1 saturated heterocycles. The lowest BCUT2D eigenvalue weighted by Crippen LogP contribution is -2.55. The molecule has 0 amide bonds. The fourth-order valence-electron chi connectivity index (χ4n) is 2.01. The Morgan fingerprint density at radius 2 is 2.31 bits per heavy atom. The van der Waals surface area contributed by atoms with Crippen LogP contribution >= 0.6 is 0 Å². The zero-order chi connectivity index (χ0) is 9.53. The molecule has 1 unspecified atom stereocenters. The highest BCUT2D eigenvalue weighted by Crippen LogP contribution is 2.25. The van der Waals surface area contributed by atoms with E-state index in [2.05, 4.69) is 10.3 Å². The molecule has 3 N–H and O–H groups in total. The van der Waals surface area contributed by atoms with Crippen molar-refractivity contribution in [3.63, 3.8) is 0 Å². The summed E-state index contributed by atoms with van der Waals surface area (Å²) in [5.74, 6) is 0.845. The molecule has 1 atom stereocenters. The second-order valence-corrected chi connectivity index (χ2v) is 5.99. The van der Waals surface area contributed by atoms with Gasteiger partial charge in [0, 0.05) is 0 Å². The summed E-state index contributed by atoms with van der Waals surface area (Å²) >= 11 is 0. The molecule has 0 saturated carbocycles. The number of nitrogens with one attached hydrogen (secondary N) is 1. The van der Waals surface area contributed by atoms with Crippen LogP contribution in [0.15, 0.2) is 4.99 Å². The summed E-state index contributed by atoms with van der Waals surface area (Å²) in [6.45, 7) is 0.498. The lowest BCUT2D eigenvalue weighted by Gasteiger charge is -2.32. The highest BCUT2D eigenvalue weighted by atomic mass is 32.2. The highest BCUT2D eigenvalue weighted by Gasteiger charge is 2.41. The molecule has 13 heavy (non-hydrogen) atoms. The fourth-order valence-corrected chi connectivity index (χ4v) is 3.88. The molecule has 0 aromatic rings. The number of sulfone groups is 1. The van der Waals surface area contributed by atoms with Crippen molar-refractivity contribution in [1.82, 2.24) is 5.32 Å². The van der Waals surface area contributed by atoms with Gasteiger partial charge in [0.1, 0.15) is 0 Å². The minimum Gasteiger partial charge on any atom is -0.370 e. The number of nitrogens with zero attached hydrogens (tertiary/aromatic N) is 1. The van der Waals surface area contributed by atoms with Gasteiger partial charge in [0.05, 0.1) is 23.6 Å². The van der Waals surface area contributed by atoms with Gasteiger partial charge in [-0.1, -0.05) is 0 Å². The van der Waals surface area contributed by atoms with Gasteiger partial charge in [-0.2, -0.15) is 0 Å². The number of aliphatic imine (C=N–C) groups is 1. The molecular weight excluding hydrogens is 190 g/mol. The third-order valence-electron chi connectivity index (χ3n) is 2.55. The summed E-state index contributed by atoms with van der Waals surface area (Å²) in [6.07, 6.45) is 1.55. The van der Waals surface area contributed by atoms with Crippen LogP contribution in [0.4, 0.5) is 0 Å². The van der Waals surface area contributed by atoms with E-state index in [0.29, 0.717) is 24.7 Å². The summed E-state index contributed by atoms with van der Waals surface area (Å²) < 4.78 is 22.8. The monoisotopic (exact) mass is 203 g/mol. The quantitative estimate of drug-likeness (QED) is 0.521. The first-order chi connectivity index (χ1) is 6.02. The summed E-state index contributed by atoms with van der Waals surface area (Å²) in [5.41, 5.74) is 5.09. The van der Waals surface area contributed by atoms with E-state index in [1.54, 1.807) is 0 Å². The van der Waals surface area contributed by atoms with Crippen LogP contribution in [0.5, 0.6) is 0 Å². The maximum absolute atomic E-state index is 11.4. The van der Waals surface area contributed by atoms with Crippen molar-refractivity contribution in [3.8, 4) is 0 Å². The molecule has 2 heterocycles. The molecule has 2 aliphatic rings. The van der Waals surface area contributed by atoms with Crippen LogP contribution in [-0.2, 0) is 9.84 Å². The summed E-state index contributed by atoms with van der Waals surface area (Å²) in [5, 5.41) is 2.97. The summed E-state index contributed by atoms with van der Waals surface area (Å²) in [6, 6.07) is 0. The maximum atomic E-state index is 11.4. The first-order valence-corrected chi connectivity index (χ1v) is 6.12. The molecule has 0 bridgehead atoms. The van der Waals surface area contributed by atoms with Crippen molar-refractivity contribution in [1.29, 1.82) is 0 Å². The SMILES string of the molecule is NC1=NCC2(CCCS(=O)(=O)C2)N1. The van der Waals surface area contributed by atoms with Gasteiger partial charge in [0.2, 0.25) is 0 Å². The van der Waals surface area contributed by atoms with Crippen molar-refractivity contribution in [3.05, 3.63) is 0 Å². The summed E-state index contributed by atoms with van der Waals surface area (Å²) in [4.78, 5) is 4.00. The minimum absolute atomic E-state index is 0.171. The van der Waals surface area contributed by atoms with Gasteiger partial charge in [-0.05, 0) is 12.8 Å². The lowest BCUT2D eigenvalue weighted by molar-refractivity contribution is 0.399. The molecular formula is C7H13N3O2S. The number of hydrogen-bond donors (Lipinski definition) is 2. The van der Waals surface area contributed by atoms with Gasteiger partial charge in [0.15, 0.2) is 15.8 Å². The maximum Gasteiger partial charge on any atom is 0.189 e. The van der Waals surface area contributed by atoms with Gasteiger partial charge in [-0.3, -0.25) is 4.99 Å². The zero-order valence-corrected chi connectivity index (χ0v) is 8.10. The average Bonchev–Trinajstić information content (AvgIpc) is 2.29. The van der Waals surface area contributed by atoms with E-state index >= 15 is 0 Å². The topological polar surface area (TPSA) is 84.5 Å². The highest BCUT2D eigenvalue weighted by molar-refractivity contribution is 7.91. The van der Waals surface area contributed by atoms with Gasteiger partial charge in [-0.15, -0.1) is 0 Å². The number of guanidine groups is 1. The Balaban J connectivity index is 2.18. The zero-order valence-electron chi connectivity index (χ0n) is 7.28. The molecule has 74 valence electrons. The second-order valence-electron chi connectivity index (χ2n) is 3.80. The van der Waals surface area contributed by atoms with Crippen molar-refractivity contribution in [2.75, 3.05) is 18.1 Å². The first-order valence-electron chi connectivity index (χ1n) is 4.30. The van der Waals surface area contributed by atoms with Crippen LogP contribution in [0, 0.1) is 0 Å². The van der Waals surface area contributed by atoms with Crippen LogP contribution in [0.3, 0.4) is 0 Å². The van der Waals surface area contributed by atoms with Gasteiger partial charge < -0.3 is 11.1 Å². The van der Waals surface area contributed by atoms with Crippen LogP contribution < -0.4 is 11.1 Å². The van der Waals surface area contributed by atoms with Crippen molar-refractivity contribution < 1.29 is 8.42 Å². The van der Waals surface area contributed by atoms with E-state index in [0.717, 1.165) is 6.42 Å². The fraction of sp³-hybridized carbons (Fsp3) is 0.857. The van der Waals surface area contributed by atoms with Crippen LogP contribution in [0.25, 0.3) is 0 Å². The van der Waals surface area contributed by atoms with Gasteiger partial charge in [0.25, 0.3) is 0 Å². The van der Waals surface area contributed by atoms with Crippen molar-refractivity contribution >= 4 is 15.8 Å². The van der Waals surface area contributed by atoms with Crippen molar-refractivity contribution in [2.24, 2.45) is 10.7 Å². The molecule has 0 aliphatic carbocycles. The molecule has 2 aliphatic heterocycles. The van der Waals surface area contributed by atoms with E-state index < -0.39 is 9.84 Å². The standard InChI is InChI=1S/C7H13N3O2S/c8-6-9-4-7(10-6)2-1-3-13(11,12)5-7/h1-5H2,(H3,8,9,10). The third kappa shape index (κ3) is 1.63. The Labute approximate surface area is 77.3 Å². The Hall–Kier alpha value is -0.780. The van der Waals surface area contributed by atoms with Crippen molar-refractivity contribution in [2.45, 2.75) is 18.4 Å². The Bertz CT molecular complexity index is 349. The molecule has 2 rings (SSSR count). The van der Waals surface area contributed by atoms with Crippen LogP contribution in [0.2, 0.25) is 0 Å². The number of hydrogen-bond acceptors (Lipinski definition) is 5. The molecule has 5 nitrogen and oxygen atoms in total. The van der Waals surface area contributed by atoms with Gasteiger partial charge in [-0.25, -0.2) is 8.42 Å². The van der Waals surface area contributed by atoms with Gasteiger partial charge >= 0.3 is 0 Å². The smallest absolute Gasteiger partial charge is 0.189 e. The largest absolute Gasteiger partial charge is 0.370 e. The first kappa shape index (κ1) is 8.80. The van der Waals surface area contributed by atoms with E-state index in [1.165, 1.54) is 0 Å². The molecule has 0 radical (unpaired) electrons. The molecule has 1 spiro atoms. The third-order valence-corrected chi connectivity index (χ3v) is 4.46. The van der Waals surface area contributed by atoms with Crippen LogP contribution in [-0.4, -0.2) is 38.0 Å². The molecule has 0 aromatic carbocycles. The normalized spacial score (nSPS) is 37.1. The van der Waals surface area contributed by atoms with Crippen LogP contribution in [0.1, 0.15) is 12.8 Å². The average molecular weight is 203 g/mol. The lowest BCUT2D eigenvalue weighted by atomic mass is 9.97. The predicted molar refractivity (Wildman–Crippen MR) is 50.2 cm³/mol. The number of rotatable bonds is 0. The Morgan fingerprint density at radius 1 is 1.54 bits per heavy atom. The predicted octanol–water partition coefficient (Wildman–Crippen LogP) is -1.15. The Kier molecular flexibility index (Phi) is 1.76. The van der Waals surface area contributed by atoms with E-state index in [-0.39, 0.29) is 11.3 Å². The Morgan fingerprint density at radius 3 is 2.85 bits per heavy atom.